The summed E-state index contributed by atoms with van der Waals surface area (Å²) in [5, 5.41) is 87.6. The highest BCUT2D eigenvalue weighted by Gasteiger charge is 2.51. The molecule has 14 nitrogen and oxygen atoms in total. The molecule has 12 atom stereocenters. The number of nitrogens with one attached hydrogen (secondary N) is 1. The van der Waals surface area contributed by atoms with Crippen molar-refractivity contribution in [2.24, 2.45) is 0 Å². The van der Waals surface area contributed by atoms with Crippen molar-refractivity contribution in [3.05, 3.63) is 36.5 Å². The van der Waals surface area contributed by atoms with Crippen LogP contribution in [0.3, 0.4) is 0 Å². The van der Waals surface area contributed by atoms with Crippen molar-refractivity contribution in [3.63, 3.8) is 0 Å². The minimum absolute atomic E-state index is 0.245. The van der Waals surface area contributed by atoms with Gasteiger partial charge in [-0.05, 0) is 44.9 Å². The summed E-state index contributed by atoms with van der Waals surface area (Å²) in [5.74, 6) is -0.245. The van der Waals surface area contributed by atoms with Gasteiger partial charge in [-0.2, -0.15) is 0 Å². The molecule has 2 aliphatic heterocycles. The first kappa shape index (κ1) is 88.3. The number of unbranched alkanes of at least 4 members (excludes halogenated alkanes) is 51. The van der Waals surface area contributed by atoms with E-state index in [1.165, 1.54) is 295 Å². The van der Waals surface area contributed by atoms with Gasteiger partial charge in [-0.3, -0.25) is 4.79 Å². The summed E-state index contributed by atoms with van der Waals surface area (Å²) < 4.78 is 22.9. The molecule has 2 rings (SSSR count). The van der Waals surface area contributed by atoms with Crippen LogP contribution in [0.5, 0.6) is 0 Å². The number of aliphatic hydroxyl groups is 8. The quantitative estimate of drug-likeness (QED) is 0.0204. The zero-order valence-electron chi connectivity index (χ0n) is 60.7. The van der Waals surface area contributed by atoms with Crippen LogP contribution in [0.25, 0.3) is 0 Å². The molecule has 2 heterocycles. The molecule has 0 saturated carbocycles. The van der Waals surface area contributed by atoms with E-state index in [4.69, 9.17) is 18.9 Å². The maximum atomic E-state index is 13.4. The SMILES string of the molecule is CCCCCCCCCCCCCCCCCCCC/C=C/CC/C=C/CC/C=C/C(O)C(COC1OC(CO)C(OC2OC(CO)C(O)C(O)C2O)C(O)C1O)NC(=O)CCCCCCCCCCCCCCCCCCCCCCCCCCCCCCCCCC. The van der Waals surface area contributed by atoms with Crippen LogP contribution in [-0.4, -0.2) is 140 Å². The zero-order valence-corrected chi connectivity index (χ0v) is 60.7. The Balaban J connectivity index is 1.63. The van der Waals surface area contributed by atoms with Gasteiger partial charge in [0.15, 0.2) is 12.6 Å². The molecule has 94 heavy (non-hydrogen) atoms. The maximum absolute atomic E-state index is 13.4. The summed E-state index contributed by atoms with van der Waals surface area (Å²) >= 11 is 0. The van der Waals surface area contributed by atoms with Crippen molar-refractivity contribution >= 4 is 5.91 Å². The number of carbonyl (C=O) groups is 1. The Morgan fingerprint density at radius 1 is 0.372 bits per heavy atom. The van der Waals surface area contributed by atoms with E-state index in [-0.39, 0.29) is 18.9 Å². The fourth-order valence-electron chi connectivity index (χ4n) is 13.4. The van der Waals surface area contributed by atoms with E-state index < -0.39 is 86.8 Å². The molecule has 0 radical (unpaired) electrons. The van der Waals surface area contributed by atoms with Crippen molar-refractivity contribution in [2.45, 2.75) is 447 Å². The van der Waals surface area contributed by atoms with Crippen molar-refractivity contribution < 1.29 is 64.6 Å². The highest BCUT2D eigenvalue weighted by molar-refractivity contribution is 5.76. The third-order valence-electron chi connectivity index (χ3n) is 19.8. The molecule has 14 heteroatoms. The number of hydrogen-bond donors (Lipinski definition) is 9. The molecule has 9 N–H and O–H groups in total. The average Bonchev–Trinajstić information content (AvgIpc) is 0.794. The van der Waals surface area contributed by atoms with Crippen molar-refractivity contribution in [1.82, 2.24) is 5.32 Å². The van der Waals surface area contributed by atoms with Gasteiger partial charge in [0, 0.05) is 6.42 Å². The molecule has 554 valence electrons. The summed E-state index contributed by atoms with van der Waals surface area (Å²) in [4.78, 5) is 13.4. The van der Waals surface area contributed by atoms with Gasteiger partial charge in [0.05, 0.1) is 32.0 Å². The lowest BCUT2D eigenvalue weighted by Gasteiger charge is -2.46. The Labute approximate surface area is 576 Å². The van der Waals surface area contributed by atoms with Gasteiger partial charge < -0.3 is 65.1 Å². The minimum Gasteiger partial charge on any atom is -0.394 e. The van der Waals surface area contributed by atoms with Crippen LogP contribution in [0.1, 0.15) is 373 Å². The molecule has 0 aromatic carbocycles. The Hall–Kier alpha value is -1.79. The van der Waals surface area contributed by atoms with Gasteiger partial charge in [0.2, 0.25) is 5.91 Å². The van der Waals surface area contributed by atoms with E-state index in [9.17, 15) is 45.6 Å². The summed E-state index contributed by atoms with van der Waals surface area (Å²) in [5.41, 5.74) is 0. The van der Waals surface area contributed by atoms with Crippen molar-refractivity contribution in [1.29, 1.82) is 0 Å². The normalized spacial score (nSPS) is 22.6. The van der Waals surface area contributed by atoms with Gasteiger partial charge in [0.1, 0.15) is 48.8 Å². The van der Waals surface area contributed by atoms with E-state index in [2.05, 4.69) is 43.5 Å². The molecular weight excluding hydrogens is 1180 g/mol. The van der Waals surface area contributed by atoms with Gasteiger partial charge in [-0.15, -0.1) is 0 Å². The number of carbonyl (C=O) groups excluding carboxylic acids is 1. The largest absolute Gasteiger partial charge is 0.394 e. The highest BCUT2D eigenvalue weighted by Crippen LogP contribution is 2.30. The highest BCUT2D eigenvalue weighted by atomic mass is 16.7. The second-order valence-corrected chi connectivity index (χ2v) is 28.5. The first-order valence-corrected chi connectivity index (χ1v) is 40.2. The monoisotopic (exact) mass is 1330 g/mol. The molecule has 0 aromatic heterocycles. The number of aliphatic hydroxyl groups excluding tert-OH is 8. The summed E-state index contributed by atoms with van der Waals surface area (Å²) in [6.45, 7) is 2.84. The van der Waals surface area contributed by atoms with Gasteiger partial charge in [0.25, 0.3) is 0 Å². The third kappa shape index (κ3) is 47.3. The first-order chi connectivity index (χ1) is 46.1. The van der Waals surface area contributed by atoms with Crippen molar-refractivity contribution in [2.75, 3.05) is 19.8 Å². The average molecular weight is 1340 g/mol. The first-order valence-electron chi connectivity index (χ1n) is 40.2. The topological polar surface area (TPSA) is 228 Å². The lowest BCUT2D eigenvalue weighted by atomic mass is 9.97. The maximum Gasteiger partial charge on any atom is 0.220 e. The second-order valence-electron chi connectivity index (χ2n) is 28.5. The number of amides is 1. The van der Waals surface area contributed by atoms with Crippen LogP contribution in [-0.2, 0) is 23.7 Å². The van der Waals surface area contributed by atoms with Gasteiger partial charge in [-0.25, -0.2) is 0 Å². The number of rotatable bonds is 68. The number of hydrogen-bond acceptors (Lipinski definition) is 13. The molecule has 0 aliphatic carbocycles. The molecule has 1 amide bonds. The predicted octanol–water partition coefficient (Wildman–Crippen LogP) is 18.0. The molecular formula is C80H151NO13. The Morgan fingerprint density at radius 3 is 1.04 bits per heavy atom. The van der Waals surface area contributed by atoms with Crippen LogP contribution in [0, 0.1) is 0 Å². The molecule has 2 aliphatic rings. The Kier molecular flexibility index (Phi) is 60.7. The Bertz CT molecular complexity index is 1720. The molecule has 12 unspecified atom stereocenters. The lowest BCUT2D eigenvalue weighted by Crippen LogP contribution is -2.65. The molecule has 2 fully saturated rings. The third-order valence-corrected chi connectivity index (χ3v) is 19.8. The predicted molar refractivity (Wildman–Crippen MR) is 388 cm³/mol. The van der Waals surface area contributed by atoms with E-state index in [1.54, 1.807) is 6.08 Å². The summed E-state index contributed by atoms with van der Waals surface area (Å²) in [6, 6.07) is -0.938. The van der Waals surface area contributed by atoms with Gasteiger partial charge in [-0.1, -0.05) is 359 Å². The van der Waals surface area contributed by atoms with Crippen LogP contribution in [0.2, 0.25) is 0 Å². The summed E-state index contributed by atoms with van der Waals surface area (Å²) in [7, 11) is 0. The van der Waals surface area contributed by atoms with Gasteiger partial charge >= 0.3 is 0 Å². The standard InChI is InChI=1S/C80H151NO13/c1-3-5-7-9-11-13-15-17-19-21-23-25-27-29-31-33-34-35-36-38-40-42-44-46-48-50-52-54-56-58-60-62-64-72(85)81-68(67-91-79-77(90)75(88)78(71(66-83)93-79)94-80-76(89)74(87)73(86)70(65-82)92-80)69(84)63-61-59-57-55-53-51-49-47-45-43-41-39-37-32-30-28-26-24-22-20-18-16-14-12-10-8-6-4-2/h45,47,53,55,61,63,68-71,73-80,82-84,86-90H,3-44,46,48-52,54,56-60,62,64-67H2,1-2H3,(H,81,85)/b47-45+,55-53+,63-61+. The second kappa shape index (κ2) is 64.6. The van der Waals surface area contributed by atoms with Crippen LogP contribution in [0.4, 0.5) is 0 Å². The van der Waals surface area contributed by atoms with E-state index in [1.807, 2.05) is 6.08 Å². The number of allylic oxidation sites excluding steroid dienone is 5. The van der Waals surface area contributed by atoms with Crippen LogP contribution >= 0.6 is 0 Å². The number of ether oxygens (including phenoxy) is 4. The van der Waals surface area contributed by atoms with Crippen LogP contribution < -0.4 is 5.32 Å². The molecule has 0 aromatic rings. The molecule has 2 saturated heterocycles. The van der Waals surface area contributed by atoms with E-state index >= 15 is 0 Å². The van der Waals surface area contributed by atoms with Crippen molar-refractivity contribution in [3.8, 4) is 0 Å². The summed E-state index contributed by atoms with van der Waals surface area (Å²) in [6.07, 6.45) is 68.1. The molecule has 0 bridgehead atoms. The van der Waals surface area contributed by atoms with E-state index in [0.717, 1.165) is 44.9 Å². The fourth-order valence-corrected chi connectivity index (χ4v) is 13.4. The molecule has 0 spiro atoms. The smallest absolute Gasteiger partial charge is 0.220 e. The van der Waals surface area contributed by atoms with E-state index in [0.29, 0.717) is 12.8 Å². The fraction of sp³-hybridized carbons (Fsp3) is 0.912. The zero-order chi connectivity index (χ0) is 68.0. The van der Waals surface area contributed by atoms with Crippen LogP contribution in [0.15, 0.2) is 36.5 Å². The lowest BCUT2D eigenvalue weighted by molar-refractivity contribution is -0.359. The Morgan fingerprint density at radius 2 is 0.681 bits per heavy atom. The minimum atomic E-state index is -1.79.